The van der Waals surface area contributed by atoms with Crippen LogP contribution in [0, 0.1) is 0 Å². The van der Waals surface area contributed by atoms with Gasteiger partial charge in [0.25, 0.3) is 0 Å². The van der Waals surface area contributed by atoms with Gasteiger partial charge in [0.05, 0.1) is 61.6 Å². The van der Waals surface area contributed by atoms with E-state index >= 15 is 0 Å². The molecule has 5 fully saturated rings. The van der Waals surface area contributed by atoms with Gasteiger partial charge < -0.3 is 71.1 Å². The molecule has 1 aliphatic carbocycles. The summed E-state index contributed by atoms with van der Waals surface area (Å²) in [4.78, 5) is 114. The summed E-state index contributed by atoms with van der Waals surface area (Å²) < 4.78 is 91.2. The minimum absolute atomic E-state index is 0.0219. The third-order valence-corrected chi connectivity index (χ3v) is 14.6. The molecule has 95 heavy (non-hydrogen) atoms. The fourth-order valence-electron chi connectivity index (χ4n) is 11.1. The van der Waals surface area contributed by atoms with E-state index in [1.165, 1.54) is 24.3 Å². The summed E-state index contributed by atoms with van der Waals surface area (Å²) in [7, 11) is 0. The second kappa shape index (κ2) is 35.6. The summed E-state index contributed by atoms with van der Waals surface area (Å²) in [5.41, 5.74) is 78.5. The Kier molecular flexibility index (Phi) is 27.7. The highest BCUT2D eigenvalue weighted by atomic mass is 16.8. The van der Waals surface area contributed by atoms with Gasteiger partial charge in [-0.1, -0.05) is 66.0 Å². The Morgan fingerprint density at radius 2 is 0.800 bits per heavy atom. The van der Waals surface area contributed by atoms with Crippen molar-refractivity contribution in [3.63, 3.8) is 0 Å². The van der Waals surface area contributed by atoms with Gasteiger partial charge in [0.2, 0.25) is 0 Å². The van der Waals surface area contributed by atoms with Crippen LogP contribution in [0.5, 0.6) is 0 Å². The largest absolute Gasteiger partial charge is 0.459 e. The molecule has 1 aromatic rings. The topological polar surface area (TPSA) is 648 Å². The quantitative estimate of drug-likeness (QED) is 0.0288. The van der Waals surface area contributed by atoms with Crippen LogP contribution in [0.1, 0.15) is 71.7 Å². The zero-order valence-electron chi connectivity index (χ0n) is 51.0. The van der Waals surface area contributed by atoms with Crippen LogP contribution in [0.25, 0.3) is 83.5 Å². The van der Waals surface area contributed by atoms with E-state index in [4.69, 9.17) is 71.1 Å². The van der Waals surface area contributed by atoms with Crippen LogP contribution >= 0.6 is 0 Å². The first kappa shape index (κ1) is 73.7. The van der Waals surface area contributed by atoms with E-state index in [1.54, 1.807) is 13.0 Å². The molecule has 0 N–H and O–H groups in total. The third kappa shape index (κ3) is 19.2. The molecule has 24 atom stereocenters. The second-order valence-corrected chi connectivity index (χ2v) is 20.8. The summed E-state index contributed by atoms with van der Waals surface area (Å²) in [6, 6.07) is -2.71. The van der Waals surface area contributed by atoms with Gasteiger partial charge >= 0.3 is 41.8 Å². The van der Waals surface area contributed by atoms with Crippen LogP contribution in [0.3, 0.4) is 0 Å². The van der Waals surface area contributed by atoms with Gasteiger partial charge in [-0.3, -0.25) is 28.8 Å². The van der Waals surface area contributed by atoms with Crippen molar-refractivity contribution >= 4 is 41.8 Å². The van der Waals surface area contributed by atoms with Gasteiger partial charge in [0, 0.05) is 80.8 Å². The Morgan fingerprint density at radius 3 is 1.26 bits per heavy atom. The zero-order valence-corrected chi connectivity index (χ0v) is 51.0. The number of nitrogens with zero attached hydrogens (tertiary/aromatic N) is 24. The van der Waals surface area contributed by atoms with Crippen molar-refractivity contribution in [2.24, 2.45) is 40.9 Å². The predicted molar refractivity (Wildman–Crippen MR) is 305 cm³/mol. The van der Waals surface area contributed by atoms with Crippen LogP contribution in [0.15, 0.2) is 71.2 Å². The van der Waals surface area contributed by atoms with Crippen molar-refractivity contribution in [3.05, 3.63) is 119 Å². The molecule has 1 saturated carbocycles. The molecule has 1 aromatic carbocycles. The molecule has 4 heterocycles. The fourth-order valence-corrected chi connectivity index (χ4v) is 11.1. The lowest BCUT2D eigenvalue weighted by Crippen LogP contribution is -2.65. The van der Waals surface area contributed by atoms with E-state index in [1.807, 2.05) is 0 Å². The van der Waals surface area contributed by atoms with Crippen molar-refractivity contribution in [1.82, 2.24) is 0 Å². The number of carbonyl (C=O) groups excluding carboxylic acids is 7. The highest BCUT2D eigenvalue weighted by molar-refractivity contribution is 5.89. The van der Waals surface area contributed by atoms with E-state index in [-0.39, 0.29) is 12.0 Å². The average molecular weight is 1340 g/mol. The Labute approximate surface area is 533 Å². The lowest BCUT2D eigenvalue weighted by Gasteiger charge is -2.48. The van der Waals surface area contributed by atoms with Crippen molar-refractivity contribution in [2.75, 3.05) is 19.7 Å². The molecule has 0 spiro atoms. The first-order chi connectivity index (χ1) is 45.6. The van der Waals surface area contributed by atoms with Crippen molar-refractivity contribution in [3.8, 4) is 0 Å². The van der Waals surface area contributed by atoms with Crippen molar-refractivity contribution in [1.29, 1.82) is 0 Å². The van der Waals surface area contributed by atoms with E-state index in [0.717, 1.165) is 41.5 Å². The smallest absolute Gasteiger partial charge is 0.338 e. The molecule has 4 saturated heterocycles. The maximum Gasteiger partial charge on any atom is 0.338 e. The molecular weight excluding hydrogens is 1280 g/mol. The Morgan fingerprint density at radius 1 is 0.400 bits per heavy atom. The van der Waals surface area contributed by atoms with Crippen molar-refractivity contribution in [2.45, 2.75) is 208 Å². The van der Waals surface area contributed by atoms with Crippen LogP contribution in [-0.2, 0) is 99.8 Å². The minimum Gasteiger partial charge on any atom is -0.459 e. The lowest BCUT2D eigenvalue weighted by molar-refractivity contribution is -0.310. The standard InChI is InChI=1S/C49H60N24O22/c1-8-27-31(62-70-54)32(63-71-55)42(92-45(80)24-12-10-9-11-13-24)48(88-27)81-17-30-39(94-47-34(65-73-57)41(86-22(6)78)38(84-20(4)76)29(90-47)16-59-67-51)44(87-23(7)79)49(91-30)95-43-35(82-18(2)74)25(60-68-52)14-26(61-69-53)36(43)93-46-33(64-72-56)40(85-21(5)77)37(83-19(3)75)28(89-46)15-58-66-50/h9-13,25-44,46-49H,8,14-17H2,1-7H3/t25-,26?,27?,28?,29+,30-,31+,32+,33?,34?,35?,36+,37+,38-,39+,40-,41?,42?,43-,44?,46+,47-,48-,49+/m1/s1. The first-order valence-electron chi connectivity index (χ1n) is 28.4. The highest BCUT2D eigenvalue weighted by Crippen LogP contribution is 2.42. The Hall–Kier alpha value is -10.3. The van der Waals surface area contributed by atoms with Crippen LogP contribution in [0.4, 0.5) is 0 Å². The number of benzene rings is 1. The molecule has 0 radical (unpaired) electrons. The van der Waals surface area contributed by atoms with Crippen LogP contribution in [0.2, 0.25) is 0 Å². The average Bonchev–Trinajstić information content (AvgIpc) is 1.75. The molecule has 9 unspecified atom stereocenters. The van der Waals surface area contributed by atoms with Crippen molar-refractivity contribution < 1.29 is 105 Å². The molecule has 0 bridgehead atoms. The minimum atomic E-state index is -2.23. The number of esters is 7. The Balaban J connectivity index is 1.59. The number of hydrogen-bond acceptors (Lipinski definition) is 30. The fraction of sp³-hybridized carbons (Fsp3) is 0.735. The van der Waals surface area contributed by atoms with E-state index < -0.39 is 215 Å². The molecule has 46 heteroatoms. The van der Waals surface area contributed by atoms with Crippen LogP contribution < -0.4 is 0 Å². The van der Waals surface area contributed by atoms with Crippen LogP contribution in [-0.4, -0.2) is 208 Å². The highest BCUT2D eigenvalue weighted by Gasteiger charge is 2.60. The zero-order chi connectivity index (χ0) is 69.5. The number of carbonyl (C=O) groups is 7. The molecule has 508 valence electrons. The SMILES string of the molecule is CCC1O[C@@H](OC[C@H]2O[C@@H](O[C@@H]3C(OC(C)=O)[C@H](N=[N+]=[N-])CC(N=[N+]=[N-])[C@@H]3O[C@@H]3OC(CN=[N+]=[N-])[C@H](OC(C)=O)[C@H](OC(C)=O)C3N=[N+]=[N-])C(OC(C)=O)[C@H]2O[C@H]2O[C@@H](CN=[N+]=[N-])[C@@H](OC(C)=O)C(OC(C)=O)C2N=[N+]=[N-])C(OC(=O)c2ccccc2)[C@@H](N=[N+]=[N-])[C@H]1N=[N+]=[N-]. The first-order valence-corrected chi connectivity index (χ1v) is 28.4. The number of ether oxygens (including phenoxy) is 15. The predicted octanol–water partition coefficient (Wildman–Crippen LogP) is 6.38. The summed E-state index contributed by atoms with van der Waals surface area (Å²) in [6.07, 6.45) is -34.2. The monoisotopic (exact) mass is 1340 g/mol. The number of azide groups is 8. The van der Waals surface area contributed by atoms with Gasteiger partial charge in [0.1, 0.15) is 48.7 Å². The third-order valence-electron chi connectivity index (χ3n) is 14.6. The van der Waals surface area contributed by atoms with Gasteiger partial charge in [-0.15, -0.1) is 0 Å². The summed E-state index contributed by atoms with van der Waals surface area (Å²) in [6.45, 7) is 4.85. The Bertz CT molecular complexity index is 3370. The molecular formula is C49H60N24O22. The normalized spacial score (nSPS) is 33.6. The number of hydrogen-bond donors (Lipinski definition) is 0. The second-order valence-electron chi connectivity index (χ2n) is 20.8. The van der Waals surface area contributed by atoms with E-state index in [0.29, 0.717) is 0 Å². The molecule has 46 nitrogen and oxygen atoms in total. The maximum absolute atomic E-state index is 13.9. The molecule has 4 aliphatic heterocycles. The summed E-state index contributed by atoms with van der Waals surface area (Å²) >= 11 is 0. The maximum atomic E-state index is 13.9. The molecule has 0 aromatic heterocycles. The van der Waals surface area contributed by atoms with Gasteiger partial charge in [-0.25, -0.2) is 4.79 Å². The van der Waals surface area contributed by atoms with Gasteiger partial charge in [-0.05, 0) is 69.2 Å². The summed E-state index contributed by atoms with van der Waals surface area (Å²) in [5, 5.41) is 29.8. The van der Waals surface area contributed by atoms with E-state index in [2.05, 4.69) is 80.2 Å². The van der Waals surface area contributed by atoms with Gasteiger partial charge in [0.15, 0.2) is 61.8 Å². The number of rotatable bonds is 28. The summed E-state index contributed by atoms with van der Waals surface area (Å²) in [5.74, 6) is -7.38. The van der Waals surface area contributed by atoms with Gasteiger partial charge in [-0.2, -0.15) is 0 Å². The lowest BCUT2D eigenvalue weighted by atomic mass is 9.83. The van der Waals surface area contributed by atoms with E-state index in [9.17, 15) is 77.8 Å². The molecule has 0 amide bonds. The molecule has 5 aliphatic rings. The molecule has 6 rings (SSSR count).